The van der Waals surface area contributed by atoms with Crippen LogP contribution in [0.3, 0.4) is 0 Å². The normalized spacial score (nSPS) is 16.4. The molecule has 1 fully saturated rings. The van der Waals surface area contributed by atoms with E-state index in [2.05, 4.69) is 10.6 Å². The molecule has 2 heterocycles. The van der Waals surface area contributed by atoms with E-state index in [0.717, 1.165) is 33.7 Å². The van der Waals surface area contributed by atoms with Crippen LogP contribution in [0.4, 0.5) is 5.69 Å². The second kappa shape index (κ2) is 8.03. The summed E-state index contributed by atoms with van der Waals surface area (Å²) in [5.41, 5.74) is 4.99. The molecule has 1 atom stereocenters. The molecule has 6 heteroatoms. The molecule has 156 valence electrons. The SMILES string of the molecule is Cc1ccccc1N1C[C@@H](c2nc3ccccc3n2Cc2ccc(Cl)cc2Cl)CC1=O. The lowest BCUT2D eigenvalue weighted by Crippen LogP contribution is -2.25. The summed E-state index contributed by atoms with van der Waals surface area (Å²) in [6, 6.07) is 21.6. The summed E-state index contributed by atoms with van der Waals surface area (Å²) in [5, 5.41) is 1.24. The van der Waals surface area contributed by atoms with Gasteiger partial charge in [-0.15, -0.1) is 0 Å². The molecule has 1 saturated heterocycles. The zero-order valence-corrected chi connectivity index (χ0v) is 18.6. The van der Waals surface area contributed by atoms with Gasteiger partial charge in [-0.3, -0.25) is 4.79 Å². The molecule has 1 aromatic heterocycles. The zero-order valence-electron chi connectivity index (χ0n) is 17.1. The molecule has 4 nitrogen and oxygen atoms in total. The highest BCUT2D eigenvalue weighted by Crippen LogP contribution is 2.35. The van der Waals surface area contributed by atoms with Crippen LogP contribution in [0.1, 0.15) is 29.3 Å². The topological polar surface area (TPSA) is 38.1 Å². The van der Waals surface area contributed by atoms with Gasteiger partial charge in [-0.1, -0.05) is 59.6 Å². The number of anilines is 1. The number of aryl methyl sites for hydroxylation is 1. The van der Waals surface area contributed by atoms with Gasteiger partial charge in [-0.25, -0.2) is 4.98 Å². The highest BCUT2D eigenvalue weighted by Gasteiger charge is 2.35. The van der Waals surface area contributed by atoms with Gasteiger partial charge < -0.3 is 9.47 Å². The third-order valence-electron chi connectivity index (χ3n) is 5.92. The molecule has 0 N–H and O–H groups in total. The van der Waals surface area contributed by atoms with Gasteiger partial charge in [0, 0.05) is 34.6 Å². The van der Waals surface area contributed by atoms with E-state index in [0.29, 0.717) is 29.6 Å². The van der Waals surface area contributed by atoms with Crippen molar-refractivity contribution in [3.05, 3.63) is 93.7 Å². The zero-order chi connectivity index (χ0) is 21.5. The smallest absolute Gasteiger partial charge is 0.227 e. The number of aromatic nitrogens is 2. The molecule has 0 aliphatic carbocycles. The fourth-order valence-electron chi connectivity index (χ4n) is 4.37. The lowest BCUT2D eigenvalue weighted by Gasteiger charge is -2.19. The molecule has 0 radical (unpaired) electrons. The van der Waals surface area contributed by atoms with Gasteiger partial charge in [0.1, 0.15) is 5.82 Å². The van der Waals surface area contributed by atoms with Gasteiger partial charge in [0.15, 0.2) is 0 Å². The number of imidazole rings is 1. The average molecular weight is 450 g/mol. The highest BCUT2D eigenvalue weighted by molar-refractivity contribution is 6.35. The van der Waals surface area contributed by atoms with Gasteiger partial charge in [0.25, 0.3) is 0 Å². The monoisotopic (exact) mass is 449 g/mol. The summed E-state index contributed by atoms with van der Waals surface area (Å²) in [5.74, 6) is 1.05. The van der Waals surface area contributed by atoms with Crippen LogP contribution >= 0.6 is 23.2 Å². The number of hydrogen-bond acceptors (Lipinski definition) is 2. The summed E-state index contributed by atoms with van der Waals surface area (Å²) in [6.45, 7) is 3.22. The third kappa shape index (κ3) is 3.71. The van der Waals surface area contributed by atoms with Crippen molar-refractivity contribution in [2.24, 2.45) is 0 Å². The fourth-order valence-corrected chi connectivity index (χ4v) is 4.84. The molecule has 0 bridgehead atoms. The summed E-state index contributed by atoms with van der Waals surface area (Å²) in [7, 11) is 0. The van der Waals surface area contributed by atoms with E-state index in [-0.39, 0.29) is 11.8 Å². The van der Waals surface area contributed by atoms with Gasteiger partial charge in [0.2, 0.25) is 5.91 Å². The van der Waals surface area contributed by atoms with E-state index < -0.39 is 0 Å². The van der Waals surface area contributed by atoms with Crippen molar-refractivity contribution >= 4 is 45.8 Å². The van der Waals surface area contributed by atoms with Crippen LogP contribution in [-0.4, -0.2) is 22.0 Å². The summed E-state index contributed by atoms with van der Waals surface area (Å²) >= 11 is 12.6. The minimum absolute atomic E-state index is 0.00517. The maximum absolute atomic E-state index is 12.9. The Hall–Kier alpha value is -2.82. The van der Waals surface area contributed by atoms with Crippen molar-refractivity contribution in [1.29, 1.82) is 0 Å². The third-order valence-corrected chi connectivity index (χ3v) is 6.51. The van der Waals surface area contributed by atoms with Gasteiger partial charge in [-0.05, 0) is 48.4 Å². The number of para-hydroxylation sites is 3. The number of hydrogen-bond donors (Lipinski definition) is 0. The number of fused-ring (bicyclic) bond motifs is 1. The number of carbonyl (C=O) groups is 1. The predicted molar refractivity (Wildman–Crippen MR) is 126 cm³/mol. The first-order chi connectivity index (χ1) is 15.0. The number of carbonyl (C=O) groups excluding carboxylic acids is 1. The van der Waals surface area contributed by atoms with E-state index in [9.17, 15) is 4.79 Å². The van der Waals surface area contributed by atoms with Crippen molar-refractivity contribution in [2.75, 3.05) is 11.4 Å². The first-order valence-corrected chi connectivity index (χ1v) is 11.0. The molecule has 1 aliphatic rings. The molecule has 31 heavy (non-hydrogen) atoms. The molecule has 3 aromatic carbocycles. The van der Waals surface area contributed by atoms with Crippen molar-refractivity contribution in [3.8, 4) is 0 Å². The quantitative estimate of drug-likeness (QED) is 0.370. The molecular formula is C25H21Cl2N3O. The fraction of sp³-hybridized carbons (Fsp3) is 0.200. The molecule has 0 unspecified atom stereocenters. The van der Waals surface area contributed by atoms with E-state index in [1.165, 1.54) is 0 Å². The highest BCUT2D eigenvalue weighted by atomic mass is 35.5. The van der Waals surface area contributed by atoms with Crippen LogP contribution in [0.15, 0.2) is 66.7 Å². The Kier molecular flexibility index (Phi) is 5.20. The number of rotatable bonds is 4. The van der Waals surface area contributed by atoms with Crippen LogP contribution in [0.25, 0.3) is 11.0 Å². The van der Waals surface area contributed by atoms with E-state index in [1.54, 1.807) is 6.07 Å². The maximum Gasteiger partial charge on any atom is 0.227 e. The molecule has 4 aromatic rings. The second-order valence-corrected chi connectivity index (χ2v) is 8.82. The number of benzene rings is 3. The first-order valence-electron chi connectivity index (χ1n) is 10.3. The Morgan fingerprint density at radius 2 is 1.81 bits per heavy atom. The Morgan fingerprint density at radius 3 is 2.61 bits per heavy atom. The lowest BCUT2D eigenvalue weighted by atomic mass is 10.1. The lowest BCUT2D eigenvalue weighted by molar-refractivity contribution is -0.117. The van der Waals surface area contributed by atoms with Crippen molar-refractivity contribution in [1.82, 2.24) is 9.55 Å². The molecule has 1 aliphatic heterocycles. The summed E-state index contributed by atoms with van der Waals surface area (Å²) in [6.07, 6.45) is 0.437. The van der Waals surface area contributed by atoms with Crippen molar-refractivity contribution in [3.63, 3.8) is 0 Å². The van der Waals surface area contributed by atoms with Gasteiger partial charge in [-0.2, -0.15) is 0 Å². The second-order valence-electron chi connectivity index (χ2n) is 7.97. The Balaban J connectivity index is 1.55. The Morgan fingerprint density at radius 1 is 1.03 bits per heavy atom. The van der Waals surface area contributed by atoms with Gasteiger partial charge in [0.05, 0.1) is 17.6 Å². The number of amides is 1. The molecule has 0 spiro atoms. The predicted octanol–water partition coefficient (Wildman–Crippen LogP) is 6.22. The number of nitrogens with zero attached hydrogens (tertiary/aromatic N) is 3. The van der Waals surface area contributed by atoms with Crippen LogP contribution in [0.2, 0.25) is 10.0 Å². The average Bonchev–Trinajstić information content (AvgIpc) is 3.31. The largest absolute Gasteiger partial charge is 0.323 e. The Bertz CT molecular complexity index is 1300. The van der Waals surface area contributed by atoms with Crippen molar-refractivity contribution < 1.29 is 4.79 Å². The van der Waals surface area contributed by atoms with Crippen molar-refractivity contribution in [2.45, 2.75) is 25.8 Å². The maximum atomic E-state index is 12.9. The first kappa shape index (κ1) is 20.1. The Labute approximate surface area is 191 Å². The van der Waals surface area contributed by atoms with Crippen LogP contribution < -0.4 is 4.90 Å². The minimum Gasteiger partial charge on any atom is -0.323 e. The van der Waals surface area contributed by atoms with Crippen LogP contribution in [0.5, 0.6) is 0 Å². The summed E-state index contributed by atoms with van der Waals surface area (Å²) in [4.78, 5) is 19.8. The number of halogens is 2. The van der Waals surface area contributed by atoms with E-state index in [4.69, 9.17) is 28.2 Å². The minimum atomic E-state index is 0.00517. The molecule has 0 saturated carbocycles. The van der Waals surface area contributed by atoms with Crippen LogP contribution in [-0.2, 0) is 11.3 Å². The van der Waals surface area contributed by atoms with Crippen LogP contribution in [0, 0.1) is 6.92 Å². The standard InChI is InChI=1S/C25H21Cl2N3O/c1-16-6-2-4-8-22(16)29-15-18(12-24(29)31)25-28-21-7-3-5-9-23(21)30(25)14-17-10-11-19(26)13-20(17)27/h2-11,13,18H,12,14-15H2,1H3/t18-/m0/s1. The molecule has 5 rings (SSSR count). The molecule has 1 amide bonds. The van der Waals surface area contributed by atoms with E-state index >= 15 is 0 Å². The van der Waals surface area contributed by atoms with E-state index in [1.807, 2.05) is 66.4 Å². The van der Waals surface area contributed by atoms with Gasteiger partial charge >= 0.3 is 0 Å². The molecular weight excluding hydrogens is 429 g/mol. The summed E-state index contributed by atoms with van der Waals surface area (Å²) < 4.78 is 2.18.